The van der Waals surface area contributed by atoms with Crippen LogP contribution in [0, 0.1) is 13.8 Å². The van der Waals surface area contributed by atoms with Crippen LogP contribution in [0.1, 0.15) is 11.1 Å². The molecule has 3 aromatic carbocycles. The smallest absolute Gasteiger partial charge is 0.196 e. The van der Waals surface area contributed by atoms with Gasteiger partial charge in [0.15, 0.2) is 5.43 Å². The van der Waals surface area contributed by atoms with E-state index in [1.165, 1.54) is 16.5 Å². The van der Waals surface area contributed by atoms with E-state index in [1.807, 2.05) is 24.3 Å². The topological polar surface area (TPSA) is 26.3 Å². The number of aryl methyl sites for hydroxylation is 2. The largest absolute Gasteiger partial charge is 0.497 e. The first-order valence-electron chi connectivity index (χ1n) is 7.53. The first-order valence-corrected chi connectivity index (χ1v) is 8.34. The van der Waals surface area contributed by atoms with E-state index < -0.39 is 0 Å². The van der Waals surface area contributed by atoms with Gasteiger partial charge in [-0.2, -0.15) is 0 Å². The summed E-state index contributed by atoms with van der Waals surface area (Å²) in [5, 5.41) is 3.90. The third kappa shape index (κ3) is 2.12. The highest BCUT2D eigenvalue weighted by molar-refractivity contribution is 7.24. The van der Waals surface area contributed by atoms with E-state index in [9.17, 15) is 4.79 Å². The van der Waals surface area contributed by atoms with Crippen molar-refractivity contribution in [3.8, 4) is 5.75 Å². The molecule has 1 aromatic heterocycles. The zero-order valence-electron chi connectivity index (χ0n) is 13.3. The van der Waals surface area contributed by atoms with Crippen LogP contribution in [-0.2, 0) is 0 Å². The molecule has 0 fully saturated rings. The van der Waals surface area contributed by atoms with Crippen LogP contribution in [0.5, 0.6) is 5.75 Å². The average molecular weight is 320 g/mol. The molecule has 0 amide bonds. The molecule has 0 radical (unpaired) electrons. The third-order valence-corrected chi connectivity index (χ3v) is 5.58. The van der Waals surface area contributed by atoms with Crippen LogP contribution in [0.2, 0.25) is 0 Å². The number of hydrogen-bond donors (Lipinski definition) is 0. The molecule has 0 N–H and O–H groups in total. The third-order valence-electron chi connectivity index (χ3n) is 4.45. The number of methoxy groups -OCH3 is 1. The Bertz CT molecular complexity index is 1140. The van der Waals surface area contributed by atoms with Crippen molar-refractivity contribution in [2.24, 2.45) is 0 Å². The molecule has 114 valence electrons. The maximum absolute atomic E-state index is 12.9. The maximum atomic E-state index is 12.9. The molecule has 4 rings (SSSR count). The molecule has 23 heavy (non-hydrogen) atoms. The van der Waals surface area contributed by atoms with Crippen LogP contribution in [0.25, 0.3) is 30.9 Å². The Balaban J connectivity index is 2.21. The Morgan fingerprint density at radius 2 is 1.43 bits per heavy atom. The highest BCUT2D eigenvalue weighted by Gasteiger charge is 2.10. The van der Waals surface area contributed by atoms with Gasteiger partial charge in [0.2, 0.25) is 0 Å². The van der Waals surface area contributed by atoms with E-state index in [-0.39, 0.29) is 5.43 Å². The van der Waals surface area contributed by atoms with Crippen molar-refractivity contribution in [1.82, 2.24) is 0 Å². The summed E-state index contributed by atoms with van der Waals surface area (Å²) in [4.78, 5) is 12.9. The van der Waals surface area contributed by atoms with Crippen molar-refractivity contribution >= 4 is 42.3 Å². The van der Waals surface area contributed by atoms with Gasteiger partial charge in [0.05, 0.1) is 7.11 Å². The van der Waals surface area contributed by atoms with Gasteiger partial charge in [-0.15, -0.1) is 11.3 Å². The van der Waals surface area contributed by atoms with Crippen LogP contribution in [-0.4, -0.2) is 7.11 Å². The average Bonchev–Trinajstić information content (AvgIpc) is 2.57. The molecule has 0 saturated heterocycles. The summed E-state index contributed by atoms with van der Waals surface area (Å²) in [6.45, 7) is 4.20. The van der Waals surface area contributed by atoms with Gasteiger partial charge in [-0.05, 0) is 66.1 Å². The minimum absolute atomic E-state index is 0.0791. The van der Waals surface area contributed by atoms with E-state index >= 15 is 0 Å². The quantitative estimate of drug-likeness (QED) is 0.451. The van der Waals surface area contributed by atoms with E-state index in [1.54, 1.807) is 18.4 Å². The molecule has 0 unspecified atom stereocenters. The van der Waals surface area contributed by atoms with Gasteiger partial charge in [0.25, 0.3) is 0 Å². The van der Waals surface area contributed by atoms with E-state index in [2.05, 4.69) is 32.0 Å². The van der Waals surface area contributed by atoms with Crippen LogP contribution >= 0.6 is 11.3 Å². The zero-order valence-corrected chi connectivity index (χ0v) is 14.1. The van der Waals surface area contributed by atoms with Crippen molar-refractivity contribution in [1.29, 1.82) is 0 Å². The molecule has 0 bridgehead atoms. The molecule has 0 saturated carbocycles. The van der Waals surface area contributed by atoms with Crippen LogP contribution in [0.3, 0.4) is 0 Å². The van der Waals surface area contributed by atoms with Gasteiger partial charge in [0, 0.05) is 20.2 Å². The second-order valence-electron chi connectivity index (χ2n) is 5.89. The Morgan fingerprint density at radius 1 is 0.783 bits per heavy atom. The maximum Gasteiger partial charge on any atom is 0.196 e. The minimum Gasteiger partial charge on any atom is -0.497 e. The first-order chi connectivity index (χ1) is 11.1. The molecule has 0 aliphatic carbocycles. The standard InChI is InChI=1S/C20H16O2S/c1-11-4-5-12(2)15-10-19-17(9-14(11)15)20(21)16-8-13(22-3)6-7-18(16)23-19/h4-10H,1-3H3. The van der Waals surface area contributed by atoms with E-state index in [4.69, 9.17) is 4.74 Å². The molecule has 0 atom stereocenters. The minimum atomic E-state index is 0.0791. The van der Waals surface area contributed by atoms with Gasteiger partial charge in [-0.3, -0.25) is 4.79 Å². The van der Waals surface area contributed by atoms with Crippen LogP contribution < -0.4 is 10.2 Å². The van der Waals surface area contributed by atoms with Crippen molar-refractivity contribution < 1.29 is 4.74 Å². The van der Waals surface area contributed by atoms with Crippen LogP contribution in [0.4, 0.5) is 0 Å². The highest BCUT2D eigenvalue weighted by atomic mass is 32.1. The predicted molar refractivity (Wildman–Crippen MR) is 99.1 cm³/mol. The summed E-state index contributed by atoms with van der Waals surface area (Å²) in [5.41, 5.74) is 2.51. The summed E-state index contributed by atoms with van der Waals surface area (Å²) < 4.78 is 7.29. The molecule has 0 spiro atoms. The number of fused-ring (bicyclic) bond motifs is 3. The lowest BCUT2D eigenvalue weighted by molar-refractivity contribution is 0.415. The number of rotatable bonds is 1. The number of hydrogen-bond acceptors (Lipinski definition) is 3. The van der Waals surface area contributed by atoms with Gasteiger partial charge in [-0.25, -0.2) is 0 Å². The molecule has 3 heteroatoms. The lowest BCUT2D eigenvalue weighted by Crippen LogP contribution is -2.01. The second kappa shape index (κ2) is 5.07. The van der Waals surface area contributed by atoms with Crippen LogP contribution in [0.15, 0.2) is 47.3 Å². The van der Waals surface area contributed by atoms with Gasteiger partial charge >= 0.3 is 0 Å². The molecule has 0 aliphatic rings. The zero-order chi connectivity index (χ0) is 16.1. The highest BCUT2D eigenvalue weighted by Crippen LogP contribution is 2.32. The monoisotopic (exact) mass is 320 g/mol. The summed E-state index contributed by atoms with van der Waals surface area (Å²) in [6.07, 6.45) is 0. The molecule has 1 heterocycles. The van der Waals surface area contributed by atoms with Gasteiger partial charge in [0.1, 0.15) is 5.75 Å². The Morgan fingerprint density at radius 3 is 2.13 bits per heavy atom. The normalized spacial score (nSPS) is 11.4. The lowest BCUT2D eigenvalue weighted by Gasteiger charge is -2.09. The summed E-state index contributed by atoms with van der Waals surface area (Å²) in [6, 6.07) is 14.2. The fraction of sp³-hybridized carbons (Fsp3) is 0.150. The van der Waals surface area contributed by atoms with Crippen molar-refractivity contribution in [3.63, 3.8) is 0 Å². The van der Waals surface area contributed by atoms with Crippen molar-refractivity contribution in [2.75, 3.05) is 7.11 Å². The van der Waals surface area contributed by atoms with E-state index in [0.717, 1.165) is 25.6 Å². The van der Waals surface area contributed by atoms with E-state index in [0.29, 0.717) is 5.75 Å². The fourth-order valence-corrected chi connectivity index (χ4v) is 4.16. The Kier molecular flexibility index (Phi) is 3.13. The predicted octanol–water partition coefficient (Wildman–Crippen LogP) is 5.19. The van der Waals surface area contributed by atoms with Crippen molar-refractivity contribution in [3.05, 3.63) is 63.8 Å². The number of ether oxygens (including phenoxy) is 1. The SMILES string of the molecule is COc1ccc2sc3cc4c(C)ccc(C)c4cc3c(=O)c2c1. The fourth-order valence-electron chi connectivity index (χ4n) is 3.09. The molecular formula is C20H16O2S. The Labute approximate surface area is 137 Å². The Hall–Kier alpha value is -2.39. The lowest BCUT2D eigenvalue weighted by atomic mass is 9.99. The molecule has 0 aliphatic heterocycles. The van der Waals surface area contributed by atoms with Gasteiger partial charge in [-0.1, -0.05) is 12.1 Å². The second-order valence-corrected chi connectivity index (χ2v) is 6.97. The molecule has 2 nitrogen and oxygen atoms in total. The van der Waals surface area contributed by atoms with Gasteiger partial charge < -0.3 is 4.74 Å². The van der Waals surface area contributed by atoms with Crippen molar-refractivity contribution in [2.45, 2.75) is 13.8 Å². The molecular weight excluding hydrogens is 304 g/mol. The number of benzene rings is 3. The summed E-state index contributed by atoms with van der Waals surface area (Å²) in [5.74, 6) is 0.717. The first kappa shape index (κ1) is 14.2. The summed E-state index contributed by atoms with van der Waals surface area (Å²) >= 11 is 1.66. The summed E-state index contributed by atoms with van der Waals surface area (Å²) in [7, 11) is 1.62. The molecule has 4 aromatic rings.